The zero-order valence-electron chi connectivity index (χ0n) is 15.1. The fourth-order valence-electron chi connectivity index (χ4n) is 2.44. The molecule has 0 aliphatic carbocycles. The Morgan fingerprint density at radius 1 is 1.18 bits per heavy atom. The molecule has 1 heterocycles. The van der Waals surface area contributed by atoms with E-state index in [-0.39, 0.29) is 5.88 Å². The summed E-state index contributed by atoms with van der Waals surface area (Å²) in [7, 11) is 0. The van der Waals surface area contributed by atoms with Crippen molar-refractivity contribution in [3.05, 3.63) is 81.4 Å². The van der Waals surface area contributed by atoms with Crippen molar-refractivity contribution < 1.29 is 13.9 Å². The molecule has 0 spiro atoms. The average Bonchev–Trinajstić information content (AvgIpc) is 2.67. The lowest BCUT2D eigenvalue weighted by molar-refractivity contribution is -0.122. The number of hydrogen-bond donors (Lipinski definition) is 1. The van der Waals surface area contributed by atoms with Crippen LogP contribution in [0.15, 0.2) is 59.4 Å². The predicted molar refractivity (Wildman–Crippen MR) is 105 cm³/mol. The summed E-state index contributed by atoms with van der Waals surface area (Å²) in [4.78, 5) is 24.5. The number of ether oxygens (including phenoxy) is 1. The Kier molecular flexibility index (Phi) is 5.75. The highest BCUT2D eigenvalue weighted by atomic mass is 35.5. The second-order valence-electron chi connectivity index (χ2n) is 6.06. The molecule has 3 rings (SSSR count). The van der Waals surface area contributed by atoms with Gasteiger partial charge >= 0.3 is 0 Å². The van der Waals surface area contributed by atoms with E-state index < -0.39 is 23.4 Å². The Balaban J connectivity index is 1.76. The van der Waals surface area contributed by atoms with Gasteiger partial charge in [0, 0.05) is 22.8 Å². The van der Waals surface area contributed by atoms with Crippen LogP contribution in [0.25, 0.3) is 5.69 Å². The van der Waals surface area contributed by atoms with Gasteiger partial charge in [0.1, 0.15) is 5.82 Å². The second kappa shape index (κ2) is 8.22. The zero-order chi connectivity index (χ0) is 20.3. The molecular weight excluding hydrogens is 385 g/mol. The Labute approximate surface area is 165 Å². The van der Waals surface area contributed by atoms with Crippen LogP contribution in [0.4, 0.5) is 10.1 Å². The molecule has 0 aliphatic heterocycles. The van der Waals surface area contributed by atoms with Crippen LogP contribution in [-0.2, 0) is 4.79 Å². The molecule has 6 nitrogen and oxygen atoms in total. The minimum Gasteiger partial charge on any atom is -0.463 e. The van der Waals surface area contributed by atoms with E-state index in [1.54, 1.807) is 32.0 Å². The maximum Gasteiger partial charge on any atom is 0.271 e. The molecule has 3 aromatic rings. The van der Waals surface area contributed by atoms with E-state index in [4.69, 9.17) is 16.3 Å². The van der Waals surface area contributed by atoms with Crippen LogP contribution in [0.2, 0.25) is 5.02 Å². The molecule has 2 aromatic carbocycles. The number of anilines is 1. The Bertz CT molecular complexity index is 1070. The third-order valence-corrected chi connectivity index (χ3v) is 4.45. The largest absolute Gasteiger partial charge is 0.463 e. The quantitative estimate of drug-likeness (QED) is 0.706. The molecule has 0 saturated carbocycles. The molecule has 1 aromatic heterocycles. The SMILES string of the molecule is Cc1c(Cl)cccc1NC(=O)C(C)Oc1ccc(=O)n(-c2ccc(F)cc2)n1. The van der Waals surface area contributed by atoms with Gasteiger partial charge in [0.25, 0.3) is 11.5 Å². The van der Waals surface area contributed by atoms with Crippen molar-refractivity contribution in [3.63, 3.8) is 0 Å². The van der Waals surface area contributed by atoms with Gasteiger partial charge in [0.05, 0.1) is 5.69 Å². The monoisotopic (exact) mass is 401 g/mol. The molecule has 0 bridgehead atoms. The number of aromatic nitrogens is 2. The van der Waals surface area contributed by atoms with Crippen molar-refractivity contribution in [1.82, 2.24) is 9.78 Å². The maximum absolute atomic E-state index is 13.1. The van der Waals surface area contributed by atoms with Crippen molar-refractivity contribution >= 4 is 23.2 Å². The number of rotatable bonds is 5. The summed E-state index contributed by atoms with van der Waals surface area (Å²) in [5.41, 5.74) is 1.29. The van der Waals surface area contributed by atoms with Crippen molar-refractivity contribution in [2.24, 2.45) is 0 Å². The van der Waals surface area contributed by atoms with Crippen LogP contribution in [-0.4, -0.2) is 21.8 Å². The summed E-state index contributed by atoms with van der Waals surface area (Å²) < 4.78 is 19.7. The van der Waals surface area contributed by atoms with Gasteiger partial charge in [-0.25, -0.2) is 4.39 Å². The van der Waals surface area contributed by atoms with Crippen molar-refractivity contribution in [2.45, 2.75) is 20.0 Å². The molecular formula is C20H17ClFN3O3. The van der Waals surface area contributed by atoms with Crippen molar-refractivity contribution in [1.29, 1.82) is 0 Å². The number of hydrogen-bond acceptors (Lipinski definition) is 4. The Hall–Kier alpha value is -3.19. The van der Waals surface area contributed by atoms with E-state index in [9.17, 15) is 14.0 Å². The van der Waals surface area contributed by atoms with E-state index in [0.717, 1.165) is 10.2 Å². The lowest BCUT2D eigenvalue weighted by Gasteiger charge is -2.16. The van der Waals surface area contributed by atoms with Gasteiger partial charge in [-0.15, -0.1) is 5.10 Å². The smallest absolute Gasteiger partial charge is 0.271 e. The van der Waals surface area contributed by atoms with Gasteiger partial charge in [-0.2, -0.15) is 4.68 Å². The topological polar surface area (TPSA) is 73.2 Å². The van der Waals surface area contributed by atoms with Crippen molar-refractivity contribution in [3.8, 4) is 11.6 Å². The number of carbonyl (C=O) groups is 1. The number of carbonyl (C=O) groups excluding carboxylic acids is 1. The van der Waals surface area contributed by atoms with Gasteiger partial charge in [-0.05, 0) is 55.8 Å². The second-order valence-corrected chi connectivity index (χ2v) is 6.47. The van der Waals surface area contributed by atoms with Gasteiger partial charge in [-0.3, -0.25) is 9.59 Å². The molecule has 0 saturated heterocycles. The third-order valence-electron chi connectivity index (χ3n) is 4.04. The molecule has 1 N–H and O–H groups in total. The molecule has 1 unspecified atom stereocenters. The molecule has 0 aliphatic rings. The normalized spacial score (nSPS) is 11.7. The maximum atomic E-state index is 13.1. The fraction of sp³-hybridized carbons (Fsp3) is 0.150. The first-order chi connectivity index (χ1) is 13.3. The fourth-order valence-corrected chi connectivity index (χ4v) is 2.61. The van der Waals surface area contributed by atoms with Crippen LogP contribution < -0.4 is 15.6 Å². The highest BCUT2D eigenvalue weighted by Crippen LogP contribution is 2.23. The van der Waals surface area contributed by atoms with Crippen molar-refractivity contribution in [2.75, 3.05) is 5.32 Å². The first-order valence-corrected chi connectivity index (χ1v) is 8.82. The molecule has 144 valence electrons. The zero-order valence-corrected chi connectivity index (χ0v) is 15.9. The van der Waals surface area contributed by atoms with E-state index in [2.05, 4.69) is 10.4 Å². The average molecular weight is 402 g/mol. The van der Waals surface area contributed by atoms with Crippen LogP contribution in [0.3, 0.4) is 0 Å². The van der Waals surface area contributed by atoms with E-state index in [1.165, 1.54) is 36.4 Å². The predicted octanol–water partition coefficient (Wildman–Crippen LogP) is 3.74. The number of halogens is 2. The van der Waals surface area contributed by atoms with E-state index in [0.29, 0.717) is 16.4 Å². The third kappa shape index (κ3) is 4.37. The summed E-state index contributed by atoms with van der Waals surface area (Å²) in [6.45, 7) is 3.36. The summed E-state index contributed by atoms with van der Waals surface area (Å²) in [6.07, 6.45) is -0.884. The Morgan fingerprint density at radius 3 is 2.61 bits per heavy atom. The van der Waals surface area contributed by atoms with Crippen LogP contribution in [0, 0.1) is 12.7 Å². The first-order valence-electron chi connectivity index (χ1n) is 8.44. The number of nitrogens with one attached hydrogen (secondary N) is 1. The minimum absolute atomic E-state index is 0.0781. The van der Waals surface area contributed by atoms with Crippen LogP contribution >= 0.6 is 11.6 Å². The highest BCUT2D eigenvalue weighted by Gasteiger charge is 2.17. The Morgan fingerprint density at radius 2 is 1.89 bits per heavy atom. The van der Waals surface area contributed by atoms with Gasteiger partial charge < -0.3 is 10.1 Å². The van der Waals surface area contributed by atoms with Crippen LogP contribution in [0.5, 0.6) is 5.88 Å². The molecule has 0 radical (unpaired) electrons. The van der Waals surface area contributed by atoms with Crippen LogP contribution in [0.1, 0.15) is 12.5 Å². The van der Waals surface area contributed by atoms with E-state index in [1.807, 2.05) is 0 Å². The lowest BCUT2D eigenvalue weighted by Crippen LogP contribution is -2.31. The first kappa shape index (κ1) is 19.6. The molecule has 1 atom stereocenters. The number of nitrogens with zero attached hydrogens (tertiary/aromatic N) is 2. The molecule has 28 heavy (non-hydrogen) atoms. The molecule has 1 amide bonds. The molecule has 8 heteroatoms. The minimum atomic E-state index is -0.884. The van der Waals surface area contributed by atoms with Gasteiger partial charge in [0.15, 0.2) is 6.10 Å². The summed E-state index contributed by atoms with van der Waals surface area (Å²) in [5, 5.41) is 7.38. The standard InChI is InChI=1S/C20H17ClFN3O3/c1-12-16(21)4-3-5-17(12)23-20(27)13(2)28-18-10-11-19(26)25(24-18)15-8-6-14(22)7-9-15/h3-11,13H,1-2H3,(H,23,27). The number of amides is 1. The summed E-state index contributed by atoms with van der Waals surface area (Å²) in [5.74, 6) is -0.744. The lowest BCUT2D eigenvalue weighted by atomic mass is 10.2. The van der Waals surface area contributed by atoms with Gasteiger partial charge in [-0.1, -0.05) is 17.7 Å². The number of benzene rings is 2. The summed E-state index contributed by atoms with van der Waals surface area (Å²) in [6, 6.07) is 13.1. The molecule has 0 fully saturated rings. The van der Waals surface area contributed by atoms with E-state index >= 15 is 0 Å². The highest BCUT2D eigenvalue weighted by molar-refractivity contribution is 6.31. The van der Waals surface area contributed by atoms with Gasteiger partial charge in [0.2, 0.25) is 5.88 Å². The summed E-state index contributed by atoms with van der Waals surface area (Å²) >= 11 is 6.06.